The molecule has 0 spiro atoms. The van der Waals surface area contributed by atoms with Gasteiger partial charge in [0.1, 0.15) is 11.6 Å². The summed E-state index contributed by atoms with van der Waals surface area (Å²) in [5, 5.41) is 15.3. The van der Waals surface area contributed by atoms with Crippen molar-refractivity contribution in [2.75, 3.05) is 14.2 Å². The van der Waals surface area contributed by atoms with Crippen molar-refractivity contribution < 1.29 is 14.6 Å². The molecule has 0 saturated heterocycles. The van der Waals surface area contributed by atoms with Gasteiger partial charge in [0, 0.05) is 12.3 Å². The number of allylic oxidation sites excluding steroid dienone is 1. The molecule has 0 amide bonds. The molecule has 0 fully saturated rings. The Morgan fingerprint density at radius 2 is 1.86 bits per heavy atom. The molecule has 2 heterocycles. The lowest BCUT2D eigenvalue weighted by molar-refractivity contribution is 0.158. The first-order valence-electron chi connectivity index (χ1n) is 11.5. The number of methoxy groups -OCH3 is 2. The van der Waals surface area contributed by atoms with Gasteiger partial charge < -0.3 is 19.6 Å². The second-order valence-corrected chi connectivity index (χ2v) is 8.48. The third-order valence-electron chi connectivity index (χ3n) is 5.98. The zero-order chi connectivity index (χ0) is 24.9. The minimum Gasteiger partial charge on any atom is -0.493 e. The van der Waals surface area contributed by atoms with Crippen LogP contribution in [0.2, 0.25) is 0 Å². The molecule has 2 N–H and O–H groups in total. The summed E-state index contributed by atoms with van der Waals surface area (Å²) in [7, 11) is 3.16. The first kappa shape index (κ1) is 24.2. The predicted molar refractivity (Wildman–Crippen MR) is 135 cm³/mol. The lowest BCUT2D eigenvalue weighted by Gasteiger charge is -2.17. The lowest BCUT2D eigenvalue weighted by Crippen LogP contribution is -2.21. The summed E-state index contributed by atoms with van der Waals surface area (Å²) in [6, 6.07) is 15.5. The number of aliphatic hydroxyl groups excluding tert-OH is 1. The largest absolute Gasteiger partial charge is 0.493 e. The molecule has 2 aromatic heterocycles. The second kappa shape index (κ2) is 10.6. The molecule has 182 valence electrons. The monoisotopic (exact) mass is 474 g/mol. The number of benzene rings is 2. The van der Waals surface area contributed by atoms with Gasteiger partial charge in [0.15, 0.2) is 17.0 Å². The molecule has 0 aliphatic rings. The molecule has 0 saturated carbocycles. The van der Waals surface area contributed by atoms with Crippen LogP contribution in [0.5, 0.6) is 11.5 Å². The molecule has 4 aromatic rings. The summed E-state index contributed by atoms with van der Waals surface area (Å²) in [6.45, 7) is 3.51. The average molecular weight is 475 g/mol. The van der Waals surface area contributed by atoms with Crippen LogP contribution in [0.3, 0.4) is 0 Å². The van der Waals surface area contributed by atoms with Gasteiger partial charge in [-0.1, -0.05) is 48.6 Å². The van der Waals surface area contributed by atoms with Crippen LogP contribution in [0.15, 0.2) is 59.4 Å². The highest BCUT2D eigenvalue weighted by Gasteiger charge is 2.25. The van der Waals surface area contributed by atoms with E-state index in [0.717, 1.165) is 11.1 Å². The van der Waals surface area contributed by atoms with E-state index in [0.29, 0.717) is 47.2 Å². The Balaban J connectivity index is 1.69. The highest BCUT2D eigenvalue weighted by molar-refractivity contribution is 5.51. The van der Waals surface area contributed by atoms with Gasteiger partial charge in [-0.3, -0.25) is 4.79 Å². The Labute approximate surface area is 203 Å². The first-order chi connectivity index (χ1) is 16.9. The standard InChI is InChI=1S/C27H30N4O4/c1-17-25-27(33)29-24(16-20-13-14-22(34-3)23(15-20)35-4)30-31(25)26(28-17)21(18(2)32)12-8-11-19-9-6-5-7-10-19/h5-11,13-15,18,21,32H,12,16H2,1-4H3,(H,29,30,33). The number of hydrogen-bond acceptors (Lipinski definition) is 6. The molecule has 2 aromatic carbocycles. The minimum atomic E-state index is -0.684. The molecular weight excluding hydrogens is 444 g/mol. The molecule has 2 unspecified atom stereocenters. The van der Waals surface area contributed by atoms with E-state index < -0.39 is 6.10 Å². The van der Waals surface area contributed by atoms with Gasteiger partial charge in [0.2, 0.25) is 0 Å². The van der Waals surface area contributed by atoms with Crippen LogP contribution in [0.4, 0.5) is 0 Å². The van der Waals surface area contributed by atoms with Crippen molar-refractivity contribution in [2.24, 2.45) is 0 Å². The Morgan fingerprint density at radius 3 is 2.54 bits per heavy atom. The lowest BCUT2D eigenvalue weighted by atomic mass is 9.98. The maximum Gasteiger partial charge on any atom is 0.277 e. The number of rotatable bonds is 9. The van der Waals surface area contributed by atoms with Gasteiger partial charge in [-0.25, -0.2) is 9.50 Å². The summed E-state index contributed by atoms with van der Waals surface area (Å²) in [5.41, 5.74) is 2.67. The van der Waals surface area contributed by atoms with Crippen molar-refractivity contribution in [3.63, 3.8) is 0 Å². The van der Waals surface area contributed by atoms with Crippen molar-refractivity contribution in [3.8, 4) is 11.5 Å². The Hall–Kier alpha value is -3.91. The molecule has 0 bridgehead atoms. The number of ether oxygens (including phenoxy) is 2. The molecular formula is C27H30N4O4. The molecule has 8 heteroatoms. The molecule has 35 heavy (non-hydrogen) atoms. The highest BCUT2D eigenvalue weighted by Crippen LogP contribution is 2.28. The van der Waals surface area contributed by atoms with E-state index in [1.54, 1.807) is 32.6 Å². The summed E-state index contributed by atoms with van der Waals surface area (Å²) < 4.78 is 12.3. The summed E-state index contributed by atoms with van der Waals surface area (Å²) in [4.78, 5) is 20.5. The van der Waals surface area contributed by atoms with Crippen LogP contribution in [-0.2, 0) is 6.42 Å². The highest BCUT2D eigenvalue weighted by atomic mass is 16.5. The van der Waals surface area contributed by atoms with E-state index in [4.69, 9.17) is 14.6 Å². The zero-order valence-electron chi connectivity index (χ0n) is 20.4. The van der Waals surface area contributed by atoms with Crippen LogP contribution in [-0.4, -0.2) is 45.0 Å². The summed E-state index contributed by atoms with van der Waals surface area (Å²) in [5.74, 6) is 1.94. The maximum atomic E-state index is 13.0. The Kier molecular flexibility index (Phi) is 7.31. The van der Waals surface area contributed by atoms with Gasteiger partial charge in [-0.2, -0.15) is 5.10 Å². The van der Waals surface area contributed by atoms with Crippen LogP contribution < -0.4 is 15.0 Å². The minimum absolute atomic E-state index is 0.268. The van der Waals surface area contributed by atoms with E-state index >= 15 is 0 Å². The van der Waals surface area contributed by atoms with Crippen molar-refractivity contribution in [1.29, 1.82) is 0 Å². The van der Waals surface area contributed by atoms with Gasteiger partial charge >= 0.3 is 0 Å². The molecule has 4 rings (SSSR count). The molecule has 0 aliphatic heterocycles. The predicted octanol–water partition coefficient (Wildman–Crippen LogP) is 3.90. The van der Waals surface area contributed by atoms with Crippen molar-refractivity contribution in [3.05, 3.63) is 93.4 Å². The van der Waals surface area contributed by atoms with Gasteiger partial charge in [0.05, 0.1) is 26.0 Å². The zero-order valence-corrected chi connectivity index (χ0v) is 20.4. The third-order valence-corrected chi connectivity index (χ3v) is 5.98. The molecule has 0 radical (unpaired) electrons. The fourth-order valence-corrected chi connectivity index (χ4v) is 4.17. The fraction of sp³-hybridized carbons (Fsp3) is 0.296. The van der Waals surface area contributed by atoms with Crippen molar-refractivity contribution in [2.45, 2.75) is 38.7 Å². The number of nitrogens with zero attached hydrogens (tertiary/aromatic N) is 3. The van der Waals surface area contributed by atoms with Crippen LogP contribution in [0.25, 0.3) is 11.6 Å². The number of imidazole rings is 1. The van der Waals surface area contributed by atoms with Crippen molar-refractivity contribution >= 4 is 11.6 Å². The summed E-state index contributed by atoms with van der Waals surface area (Å²) in [6.07, 6.45) is 4.28. The maximum absolute atomic E-state index is 13.0. The van der Waals surface area contributed by atoms with Gasteiger partial charge in [-0.05, 0) is 43.5 Å². The number of aryl methyl sites for hydroxylation is 1. The topological polar surface area (TPSA) is 102 Å². The number of fused-ring (bicyclic) bond motifs is 1. The fourth-order valence-electron chi connectivity index (χ4n) is 4.17. The van der Waals surface area contributed by atoms with E-state index in [-0.39, 0.29) is 11.5 Å². The third kappa shape index (κ3) is 5.27. The number of nitrogens with one attached hydrogen (secondary N) is 1. The van der Waals surface area contributed by atoms with E-state index in [2.05, 4.69) is 9.97 Å². The van der Waals surface area contributed by atoms with E-state index in [1.165, 1.54) is 0 Å². The Morgan fingerprint density at radius 1 is 1.11 bits per heavy atom. The second-order valence-electron chi connectivity index (χ2n) is 8.48. The van der Waals surface area contributed by atoms with Gasteiger partial charge in [-0.15, -0.1) is 0 Å². The molecule has 8 nitrogen and oxygen atoms in total. The molecule has 2 atom stereocenters. The van der Waals surface area contributed by atoms with Crippen LogP contribution in [0.1, 0.15) is 47.7 Å². The SMILES string of the molecule is COc1ccc(Cc2nn3c(C(CC=Cc4ccccc4)C(C)O)nc(C)c3c(=O)[nH]2)cc1OC. The normalized spacial score (nSPS) is 13.3. The van der Waals surface area contributed by atoms with Crippen LogP contribution in [0, 0.1) is 6.92 Å². The number of H-pyrrole nitrogens is 1. The quantitative estimate of drug-likeness (QED) is 0.382. The smallest absolute Gasteiger partial charge is 0.277 e. The van der Waals surface area contributed by atoms with Crippen LogP contribution >= 0.6 is 0 Å². The number of aliphatic hydroxyl groups is 1. The first-order valence-corrected chi connectivity index (χ1v) is 11.5. The van der Waals surface area contributed by atoms with Crippen molar-refractivity contribution in [1.82, 2.24) is 19.6 Å². The number of aromatic nitrogens is 4. The van der Waals surface area contributed by atoms with E-state index in [1.807, 2.05) is 60.7 Å². The summed E-state index contributed by atoms with van der Waals surface area (Å²) >= 11 is 0. The van der Waals surface area contributed by atoms with Gasteiger partial charge in [0.25, 0.3) is 5.56 Å². The average Bonchev–Trinajstić information content (AvgIpc) is 3.18. The molecule has 0 aliphatic carbocycles. The Bertz CT molecular complexity index is 1390. The van der Waals surface area contributed by atoms with E-state index in [9.17, 15) is 9.90 Å². The number of aromatic amines is 1. The number of hydrogen-bond donors (Lipinski definition) is 2.